The minimum atomic E-state index is -4.05. The first-order valence-electron chi connectivity index (χ1n) is 7.47. The zero-order valence-corrected chi connectivity index (χ0v) is 14.3. The Morgan fingerprint density at radius 1 is 1.48 bits per heavy atom. The summed E-state index contributed by atoms with van der Waals surface area (Å²) in [7, 11) is -4.05. The quantitative estimate of drug-likeness (QED) is 0.651. The lowest BCUT2D eigenvalue weighted by Gasteiger charge is -2.11. The molecule has 1 aliphatic heterocycles. The molecule has 138 valence electrons. The van der Waals surface area contributed by atoms with Gasteiger partial charge in [-0.1, -0.05) is 30.9 Å². The molecular weight excluding hydrogens is 359 g/mol. The van der Waals surface area contributed by atoms with Crippen molar-refractivity contribution >= 4 is 9.84 Å². The number of hydrogen-bond acceptors (Lipinski definition) is 5. The van der Waals surface area contributed by atoms with Crippen LogP contribution in [0.3, 0.4) is 0 Å². The smallest absolute Gasteiger partial charge is 0.322 e. The number of aromatic nitrogens is 3. The van der Waals surface area contributed by atoms with Gasteiger partial charge in [-0.25, -0.2) is 17.5 Å². The summed E-state index contributed by atoms with van der Waals surface area (Å²) in [6.07, 6.45) is 5.56. The van der Waals surface area contributed by atoms with Gasteiger partial charge in [0.2, 0.25) is 9.84 Å². The normalized spacial score (nSPS) is 20.8. The Labute approximate surface area is 143 Å². The third kappa shape index (κ3) is 4.57. The van der Waals surface area contributed by atoms with E-state index in [1.165, 1.54) is 4.68 Å². The van der Waals surface area contributed by atoms with Gasteiger partial charge in [0.05, 0.1) is 18.4 Å². The van der Waals surface area contributed by atoms with Crippen molar-refractivity contribution in [1.29, 1.82) is 0 Å². The summed E-state index contributed by atoms with van der Waals surface area (Å²) in [6, 6.07) is -0.555. The fourth-order valence-corrected chi connectivity index (χ4v) is 3.28. The Bertz CT molecular complexity index is 787. The highest BCUT2D eigenvalue weighted by Gasteiger charge is 2.37. The molecule has 0 aliphatic carbocycles. The van der Waals surface area contributed by atoms with Crippen LogP contribution >= 0.6 is 0 Å². The van der Waals surface area contributed by atoms with Crippen molar-refractivity contribution in [3.63, 3.8) is 0 Å². The maximum absolute atomic E-state index is 14.2. The molecule has 1 aliphatic rings. The van der Waals surface area contributed by atoms with Gasteiger partial charge < -0.3 is 4.74 Å². The van der Waals surface area contributed by atoms with Crippen LogP contribution < -0.4 is 0 Å². The fraction of sp³-hybridized carbons (Fsp3) is 0.467. The summed E-state index contributed by atoms with van der Waals surface area (Å²) >= 11 is 0. The predicted molar refractivity (Wildman–Crippen MR) is 84.6 cm³/mol. The van der Waals surface area contributed by atoms with Crippen molar-refractivity contribution in [1.82, 2.24) is 14.8 Å². The molecular formula is C15H18F3N3O3S. The molecule has 0 saturated carbocycles. The molecule has 25 heavy (non-hydrogen) atoms. The van der Waals surface area contributed by atoms with Crippen LogP contribution in [0.25, 0.3) is 0 Å². The third-order valence-corrected chi connectivity index (χ3v) is 4.99. The fourth-order valence-electron chi connectivity index (χ4n) is 2.34. The van der Waals surface area contributed by atoms with Crippen LogP contribution in [0.1, 0.15) is 31.4 Å². The maximum atomic E-state index is 14.2. The number of sulfone groups is 1. The number of alkyl halides is 3. The first-order valence-corrected chi connectivity index (χ1v) is 9.12. The predicted octanol–water partition coefficient (Wildman–Crippen LogP) is 2.93. The van der Waals surface area contributed by atoms with Crippen molar-refractivity contribution in [2.24, 2.45) is 0 Å². The Morgan fingerprint density at radius 2 is 2.20 bits per heavy atom. The van der Waals surface area contributed by atoms with Gasteiger partial charge in [0.1, 0.15) is 0 Å². The van der Waals surface area contributed by atoms with Crippen LogP contribution in [0.2, 0.25) is 0 Å². The summed E-state index contributed by atoms with van der Waals surface area (Å²) in [5, 5.41) is 3.26. The van der Waals surface area contributed by atoms with Gasteiger partial charge in [-0.3, -0.25) is 0 Å². The number of hydrogen-bond donors (Lipinski definition) is 0. The number of allylic oxidation sites excluding steroid dienone is 5. The molecule has 0 amide bonds. The summed E-state index contributed by atoms with van der Waals surface area (Å²) in [4.78, 5) is 3.74. The molecule has 2 atom stereocenters. The zero-order chi connectivity index (χ0) is 18.6. The molecule has 1 aromatic rings. The van der Waals surface area contributed by atoms with Gasteiger partial charge in [-0.2, -0.15) is 13.8 Å². The molecule has 0 aromatic carbocycles. The first kappa shape index (κ1) is 19.4. The van der Waals surface area contributed by atoms with Gasteiger partial charge >= 0.3 is 6.61 Å². The highest BCUT2D eigenvalue weighted by Crippen LogP contribution is 2.39. The van der Waals surface area contributed by atoms with E-state index < -0.39 is 46.2 Å². The monoisotopic (exact) mass is 377 g/mol. The lowest BCUT2D eigenvalue weighted by molar-refractivity contribution is -0.123. The van der Waals surface area contributed by atoms with Gasteiger partial charge in [-0.15, -0.1) is 5.10 Å². The van der Waals surface area contributed by atoms with E-state index in [4.69, 9.17) is 0 Å². The van der Waals surface area contributed by atoms with Gasteiger partial charge in [0, 0.05) is 6.42 Å². The Morgan fingerprint density at radius 3 is 2.84 bits per heavy atom. The lowest BCUT2D eigenvalue weighted by atomic mass is 10.1. The molecule has 2 rings (SSSR count). The topological polar surface area (TPSA) is 74.1 Å². The van der Waals surface area contributed by atoms with Crippen molar-refractivity contribution < 1.29 is 26.3 Å². The Balaban J connectivity index is 2.20. The van der Waals surface area contributed by atoms with E-state index >= 15 is 0 Å². The molecule has 6 nitrogen and oxygen atoms in total. The maximum Gasteiger partial charge on any atom is 0.345 e. The van der Waals surface area contributed by atoms with Crippen LogP contribution in [-0.4, -0.2) is 42.2 Å². The molecule has 0 unspecified atom stereocenters. The minimum absolute atomic E-state index is 0.0587. The summed E-state index contributed by atoms with van der Waals surface area (Å²) in [5.74, 6) is -0.830. The minimum Gasteiger partial charge on any atom is -0.322 e. The number of fused-ring (bicyclic) bond motifs is 1. The second-order valence-electron chi connectivity index (χ2n) is 5.33. The van der Waals surface area contributed by atoms with E-state index in [1.54, 1.807) is 18.2 Å². The van der Waals surface area contributed by atoms with Crippen molar-refractivity contribution in [2.75, 3.05) is 12.4 Å². The van der Waals surface area contributed by atoms with E-state index in [1.807, 2.05) is 13.0 Å². The van der Waals surface area contributed by atoms with Crippen LogP contribution in [0.4, 0.5) is 13.2 Å². The van der Waals surface area contributed by atoms with E-state index in [0.29, 0.717) is 5.57 Å². The van der Waals surface area contributed by atoms with Gasteiger partial charge in [-0.05, 0) is 12.5 Å². The highest BCUT2D eigenvalue weighted by atomic mass is 32.2. The van der Waals surface area contributed by atoms with Crippen LogP contribution in [0.5, 0.6) is 0 Å². The van der Waals surface area contributed by atoms with Crippen molar-refractivity contribution in [3.8, 4) is 0 Å². The number of nitrogens with zero attached hydrogens (tertiary/aromatic N) is 3. The molecule has 0 radical (unpaired) electrons. The number of halogens is 3. The average molecular weight is 377 g/mol. The number of rotatable bonds is 8. The highest BCUT2D eigenvalue weighted by molar-refractivity contribution is 7.91. The largest absolute Gasteiger partial charge is 0.345 e. The first-order chi connectivity index (χ1) is 11.8. The third-order valence-electron chi connectivity index (χ3n) is 3.56. The molecule has 2 heterocycles. The van der Waals surface area contributed by atoms with Crippen molar-refractivity contribution in [2.45, 2.75) is 37.3 Å². The van der Waals surface area contributed by atoms with Crippen molar-refractivity contribution in [3.05, 3.63) is 42.3 Å². The molecule has 0 spiro atoms. The summed E-state index contributed by atoms with van der Waals surface area (Å²) < 4.78 is 67.3. The average Bonchev–Trinajstić information content (AvgIpc) is 3.08. The molecule has 0 N–H and O–H groups in total. The Hall–Kier alpha value is -1.94. The van der Waals surface area contributed by atoms with E-state index in [0.717, 1.165) is 0 Å². The van der Waals surface area contributed by atoms with E-state index in [-0.39, 0.29) is 12.2 Å². The molecule has 10 heteroatoms. The SMILES string of the molecule is C=C(/C=C\C=C/C)[C@@H]1C[C@H](F)c2nc(S(=O)(=O)CCOC(F)F)nn21. The molecule has 1 aromatic heterocycles. The van der Waals surface area contributed by atoms with Crippen LogP contribution in [0, 0.1) is 0 Å². The molecule has 0 saturated heterocycles. The molecule has 0 bridgehead atoms. The summed E-state index contributed by atoms with van der Waals surface area (Å²) in [5.41, 5.74) is 0.550. The van der Waals surface area contributed by atoms with Crippen LogP contribution in [-0.2, 0) is 14.6 Å². The zero-order valence-electron chi connectivity index (χ0n) is 13.5. The van der Waals surface area contributed by atoms with Crippen LogP contribution in [0.15, 0.2) is 41.6 Å². The second kappa shape index (κ2) is 7.96. The standard InChI is InChI=1S/C15H18F3N3O3S/c1-3-4-5-6-10(2)12-9-11(16)13-19-15(20-21(12)13)25(22,23)8-7-24-14(17)18/h3-6,11-12,14H,2,7-9H2,1H3/b4-3-,6-5-/t11-,12-/m0/s1. The summed E-state index contributed by atoms with van der Waals surface area (Å²) in [6.45, 7) is 1.92. The van der Waals surface area contributed by atoms with E-state index in [2.05, 4.69) is 21.4 Å². The Kier molecular flexibility index (Phi) is 6.17. The lowest BCUT2D eigenvalue weighted by Crippen LogP contribution is -2.16. The van der Waals surface area contributed by atoms with Gasteiger partial charge in [0.15, 0.2) is 12.0 Å². The second-order valence-corrected chi connectivity index (χ2v) is 7.33. The van der Waals surface area contributed by atoms with Gasteiger partial charge in [0.25, 0.3) is 5.16 Å². The molecule has 0 fully saturated rings. The van der Waals surface area contributed by atoms with E-state index in [9.17, 15) is 21.6 Å². The number of ether oxygens (including phenoxy) is 1.